The van der Waals surface area contributed by atoms with E-state index in [0.717, 1.165) is 6.07 Å². The number of ether oxygens (including phenoxy) is 1. The molecule has 0 aliphatic carbocycles. The SMILES string of the molecule is CNC(C)(C)C(=O)Nc1ccc(OC)c(NS(=O)(=O)c2ccc(-c3ccc(C)o3)c(F)c2)n1. The number of hydrogen-bond acceptors (Lipinski definition) is 7. The number of hydrogen-bond donors (Lipinski definition) is 3. The molecule has 2 heterocycles. The van der Waals surface area contributed by atoms with E-state index in [4.69, 9.17) is 9.15 Å². The highest BCUT2D eigenvalue weighted by Crippen LogP contribution is 2.30. The first-order valence-corrected chi connectivity index (χ1v) is 11.4. The lowest BCUT2D eigenvalue weighted by Gasteiger charge is -2.22. The van der Waals surface area contributed by atoms with Crippen LogP contribution in [0.5, 0.6) is 5.75 Å². The van der Waals surface area contributed by atoms with E-state index in [2.05, 4.69) is 20.3 Å². The largest absolute Gasteiger partial charge is 0.493 e. The second kappa shape index (κ2) is 9.20. The van der Waals surface area contributed by atoms with Crippen molar-refractivity contribution in [1.29, 1.82) is 0 Å². The number of nitrogens with one attached hydrogen (secondary N) is 3. The Bertz CT molecular complexity index is 1290. The first-order chi connectivity index (χ1) is 15.5. The number of rotatable bonds is 8. The van der Waals surface area contributed by atoms with Crippen LogP contribution in [0.3, 0.4) is 0 Å². The molecule has 0 fully saturated rings. The van der Waals surface area contributed by atoms with Crippen LogP contribution in [0.1, 0.15) is 19.6 Å². The lowest BCUT2D eigenvalue weighted by molar-refractivity contribution is -0.121. The number of anilines is 2. The Hall–Kier alpha value is -3.44. The van der Waals surface area contributed by atoms with E-state index in [0.29, 0.717) is 5.76 Å². The van der Waals surface area contributed by atoms with Crippen molar-refractivity contribution in [2.24, 2.45) is 0 Å². The maximum atomic E-state index is 14.7. The number of carbonyl (C=O) groups is 1. The van der Waals surface area contributed by atoms with Crippen LogP contribution in [0, 0.1) is 12.7 Å². The molecule has 33 heavy (non-hydrogen) atoms. The number of sulfonamides is 1. The lowest BCUT2D eigenvalue weighted by atomic mass is 10.1. The summed E-state index contributed by atoms with van der Waals surface area (Å²) in [6.45, 7) is 5.08. The molecule has 0 bridgehead atoms. The molecular formula is C22H25FN4O5S. The van der Waals surface area contributed by atoms with E-state index in [1.807, 2.05) is 0 Å². The Labute approximate surface area is 191 Å². The average molecular weight is 477 g/mol. The molecule has 0 saturated carbocycles. The number of methoxy groups -OCH3 is 1. The molecule has 0 radical (unpaired) electrons. The van der Waals surface area contributed by atoms with Gasteiger partial charge in [-0.05, 0) is 70.3 Å². The second-order valence-electron chi connectivity index (χ2n) is 7.73. The van der Waals surface area contributed by atoms with Gasteiger partial charge in [-0.25, -0.2) is 17.8 Å². The Morgan fingerprint density at radius 3 is 2.45 bits per heavy atom. The summed E-state index contributed by atoms with van der Waals surface area (Å²) in [7, 11) is -1.25. The fourth-order valence-corrected chi connectivity index (χ4v) is 3.79. The standard InChI is InChI=1S/C22H25FN4O5S/c1-13-6-9-17(32-13)15-8-7-14(12-16(15)23)33(29,30)27-20-18(31-5)10-11-19(25-20)26-21(28)22(2,3)24-4/h6-12,24H,1-5H3,(H2,25,26,27,28). The summed E-state index contributed by atoms with van der Waals surface area (Å²) in [6, 6.07) is 9.68. The summed E-state index contributed by atoms with van der Waals surface area (Å²) in [4.78, 5) is 16.2. The molecule has 3 aromatic rings. The smallest absolute Gasteiger partial charge is 0.263 e. The van der Waals surface area contributed by atoms with Gasteiger partial charge in [0.25, 0.3) is 10.0 Å². The monoisotopic (exact) mass is 476 g/mol. The Kier molecular flexibility index (Phi) is 6.75. The number of aromatic nitrogens is 1. The van der Waals surface area contributed by atoms with Crippen LogP contribution in [0.25, 0.3) is 11.3 Å². The second-order valence-corrected chi connectivity index (χ2v) is 9.42. The summed E-state index contributed by atoms with van der Waals surface area (Å²) in [5.74, 6) is -0.179. The van der Waals surface area contributed by atoms with E-state index in [1.54, 1.807) is 40.0 Å². The predicted molar refractivity (Wildman–Crippen MR) is 122 cm³/mol. The topological polar surface area (TPSA) is 123 Å². The predicted octanol–water partition coefficient (Wildman–Crippen LogP) is 3.54. The number of pyridine rings is 1. The molecule has 0 unspecified atom stereocenters. The zero-order valence-electron chi connectivity index (χ0n) is 18.8. The van der Waals surface area contributed by atoms with Crippen LogP contribution in [-0.2, 0) is 14.8 Å². The van der Waals surface area contributed by atoms with Gasteiger partial charge in [-0.3, -0.25) is 9.52 Å². The van der Waals surface area contributed by atoms with Crippen molar-refractivity contribution in [2.45, 2.75) is 31.2 Å². The first-order valence-electron chi connectivity index (χ1n) is 9.91. The Morgan fingerprint density at radius 1 is 1.15 bits per heavy atom. The molecule has 0 saturated heterocycles. The first kappa shape index (κ1) is 24.2. The maximum Gasteiger partial charge on any atom is 0.263 e. The van der Waals surface area contributed by atoms with Gasteiger partial charge in [0.2, 0.25) is 5.91 Å². The highest BCUT2D eigenvalue weighted by molar-refractivity contribution is 7.92. The van der Waals surface area contributed by atoms with Crippen LogP contribution >= 0.6 is 0 Å². The van der Waals surface area contributed by atoms with Gasteiger partial charge in [0.15, 0.2) is 11.6 Å². The number of nitrogens with zero attached hydrogens (tertiary/aromatic N) is 1. The number of aryl methyl sites for hydroxylation is 1. The van der Waals surface area contributed by atoms with Gasteiger partial charge < -0.3 is 19.8 Å². The van der Waals surface area contributed by atoms with E-state index in [-0.39, 0.29) is 39.5 Å². The van der Waals surface area contributed by atoms with Gasteiger partial charge in [-0.1, -0.05) is 0 Å². The van der Waals surface area contributed by atoms with Crippen molar-refractivity contribution in [3.63, 3.8) is 0 Å². The minimum atomic E-state index is -4.23. The molecule has 3 N–H and O–H groups in total. The average Bonchev–Trinajstić information content (AvgIpc) is 3.19. The molecule has 1 aromatic carbocycles. The Morgan fingerprint density at radius 2 is 1.88 bits per heavy atom. The van der Waals surface area contributed by atoms with Crippen LogP contribution < -0.4 is 20.1 Å². The minimum Gasteiger partial charge on any atom is -0.493 e. The molecule has 1 amide bonds. The van der Waals surface area contributed by atoms with Gasteiger partial charge in [0, 0.05) is 0 Å². The lowest BCUT2D eigenvalue weighted by Crippen LogP contribution is -2.48. The third-order valence-electron chi connectivity index (χ3n) is 5.00. The van der Waals surface area contributed by atoms with E-state index < -0.39 is 21.4 Å². The molecule has 0 aliphatic heterocycles. The van der Waals surface area contributed by atoms with E-state index >= 15 is 0 Å². The fourth-order valence-electron chi connectivity index (χ4n) is 2.77. The summed E-state index contributed by atoms with van der Waals surface area (Å²) in [6.07, 6.45) is 0. The number of amides is 1. The minimum absolute atomic E-state index is 0.108. The third-order valence-corrected chi connectivity index (χ3v) is 6.34. The highest BCUT2D eigenvalue weighted by Gasteiger charge is 2.26. The van der Waals surface area contributed by atoms with Gasteiger partial charge in [0.05, 0.1) is 23.1 Å². The number of furan rings is 1. The molecule has 11 heteroatoms. The van der Waals surface area contributed by atoms with Crippen molar-refractivity contribution in [1.82, 2.24) is 10.3 Å². The number of likely N-dealkylation sites (N-methyl/N-ethyl adjacent to an activating group) is 1. The van der Waals surface area contributed by atoms with Gasteiger partial charge >= 0.3 is 0 Å². The Balaban J connectivity index is 1.90. The molecule has 0 aliphatic rings. The number of carbonyl (C=O) groups excluding carboxylic acids is 1. The molecule has 0 atom stereocenters. The number of benzene rings is 1. The third kappa shape index (κ3) is 5.32. The molecule has 0 spiro atoms. The van der Waals surface area contributed by atoms with E-state index in [9.17, 15) is 17.6 Å². The summed E-state index contributed by atoms with van der Waals surface area (Å²) >= 11 is 0. The summed E-state index contributed by atoms with van der Waals surface area (Å²) < 4.78 is 53.4. The molecule has 9 nitrogen and oxygen atoms in total. The van der Waals surface area contributed by atoms with Crippen molar-refractivity contribution in [3.05, 3.63) is 54.0 Å². The molecule has 176 valence electrons. The molecule has 3 rings (SSSR count). The highest BCUT2D eigenvalue weighted by atomic mass is 32.2. The van der Waals surface area contributed by atoms with Crippen LogP contribution in [-0.4, -0.2) is 39.0 Å². The van der Waals surface area contributed by atoms with Crippen molar-refractivity contribution < 1.29 is 26.8 Å². The van der Waals surface area contributed by atoms with Gasteiger partial charge in [0.1, 0.15) is 23.2 Å². The van der Waals surface area contributed by atoms with E-state index in [1.165, 1.54) is 31.4 Å². The number of halogens is 1. The molecule has 2 aromatic heterocycles. The molecular weight excluding hydrogens is 451 g/mol. The zero-order valence-corrected chi connectivity index (χ0v) is 19.6. The van der Waals surface area contributed by atoms with Gasteiger partial charge in [-0.15, -0.1) is 0 Å². The van der Waals surface area contributed by atoms with Crippen molar-refractivity contribution in [2.75, 3.05) is 24.2 Å². The fraction of sp³-hybridized carbons (Fsp3) is 0.273. The van der Waals surface area contributed by atoms with Gasteiger partial charge in [-0.2, -0.15) is 0 Å². The normalized spacial score (nSPS) is 11.8. The van der Waals surface area contributed by atoms with Crippen molar-refractivity contribution >= 4 is 27.6 Å². The summed E-state index contributed by atoms with van der Waals surface area (Å²) in [5, 5.41) is 5.48. The van der Waals surface area contributed by atoms with Crippen LogP contribution in [0.2, 0.25) is 0 Å². The maximum absolute atomic E-state index is 14.7. The quantitative estimate of drug-likeness (QED) is 0.454. The van der Waals surface area contributed by atoms with Crippen LogP contribution in [0.4, 0.5) is 16.0 Å². The van der Waals surface area contributed by atoms with Crippen LogP contribution in [0.15, 0.2) is 51.8 Å². The summed E-state index contributed by atoms with van der Waals surface area (Å²) in [5.41, 5.74) is -0.748. The zero-order chi connectivity index (χ0) is 24.4. The van der Waals surface area contributed by atoms with Crippen molar-refractivity contribution in [3.8, 4) is 17.1 Å².